The van der Waals surface area contributed by atoms with Crippen molar-refractivity contribution in [2.24, 2.45) is 5.92 Å². The Bertz CT molecular complexity index is 1680. The fraction of sp³-hybridized carbons (Fsp3) is 0.432. The van der Waals surface area contributed by atoms with Crippen molar-refractivity contribution in [3.63, 3.8) is 0 Å². The van der Waals surface area contributed by atoms with Crippen molar-refractivity contribution in [2.75, 3.05) is 16.9 Å². The molecule has 0 saturated carbocycles. The quantitative estimate of drug-likeness (QED) is 0.0727. The minimum Gasteiger partial charge on any atom is -0.479 e. The van der Waals surface area contributed by atoms with Gasteiger partial charge in [0.05, 0.1) is 18.1 Å². The molecular weight excluding hydrogens is 653 g/mol. The summed E-state index contributed by atoms with van der Waals surface area (Å²) in [6, 6.07) is 20.5. The number of halogens is 1. The Morgan fingerprint density at radius 2 is 1.39 bits per heavy atom. The fourth-order valence-electron chi connectivity index (χ4n) is 6.29. The largest absolute Gasteiger partial charge is 0.479 e. The number of rotatable bonds is 19. The lowest BCUT2D eigenvalue weighted by atomic mass is 9.78. The summed E-state index contributed by atoms with van der Waals surface area (Å²) in [7, 11) is -2.95. The molecule has 4 rings (SSSR count). The number of nitrogens with zero attached hydrogens (tertiary/aromatic N) is 1. The number of hydrogen-bond donors (Lipinski definition) is 4. The second kappa shape index (κ2) is 16.5. The van der Waals surface area contributed by atoms with Gasteiger partial charge in [-0.05, 0) is 97.9 Å². The van der Waals surface area contributed by atoms with E-state index in [-0.39, 0.29) is 24.1 Å². The van der Waals surface area contributed by atoms with Crippen LogP contribution in [0.4, 0.5) is 10.1 Å². The van der Waals surface area contributed by atoms with Crippen LogP contribution in [0.1, 0.15) is 85.8 Å². The maximum Gasteiger partial charge on any atom is 0.347 e. The molecule has 1 amide bonds. The molecule has 1 fully saturated rings. The highest BCUT2D eigenvalue weighted by Gasteiger charge is 2.48. The van der Waals surface area contributed by atoms with Crippen LogP contribution in [0.5, 0.6) is 0 Å². The number of amides is 1. The number of aliphatic hydroxyl groups is 2. The van der Waals surface area contributed by atoms with Gasteiger partial charge in [0.25, 0.3) is 5.60 Å². The van der Waals surface area contributed by atoms with E-state index < -0.39 is 51.6 Å². The number of carbonyl (C=O) groups excluding carboxylic acids is 1. The van der Waals surface area contributed by atoms with E-state index in [0.29, 0.717) is 31.2 Å². The van der Waals surface area contributed by atoms with Gasteiger partial charge in [-0.2, -0.15) is 0 Å². The van der Waals surface area contributed by atoms with Crippen LogP contribution in [0.25, 0.3) is 0 Å². The summed E-state index contributed by atoms with van der Waals surface area (Å²) >= 11 is 0. The van der Waals surface area contributed by atoms with Crippen LogP contribution >= 0.6 is 0 Å². The maximum absolute atomic E-state index is 13.6. The Kier molecular flexibility index (Phi) is 12.7. The summed E-state index contributed by atoms with van der Waals surface area (Å²) in [5.74, 6) is -4.33. The summed E-state index contributed by atoms with van der Waals surface area (Å²) in [4.78, 5) is 37.9. The zero-order valence-corrected chi connectivity index (χ0v) is 28.3. The van der Waals surface area contributed by atoms with E-state index in [1.165, 1.54) is 30.5 Å². The first-order chi connectivity index (χ1) is 23.2. The number of anilines is 1. The summed E-state index contributed by atoms with van der Waals surface area (Å²) < 4.78 is 36.0. The number of β-lactam (4-membered cyclic amide) rings is 1. The first kappa shape index (κ1) is 37.7. The van der Waals surface area contributed by atoms with Gasteiger partial charge in [-0.15, -0.1) is 0 Å². The van der Waals surface area contributed by atoms with Crippen LogP contribution in [0.3, 0.4) is 0 Å². The van der Waals surface area contributed by atoms with Crippen molar-refractivity contribution < 1.29 is 47.6 Å². The van der Waals surface area contributed by atoms with Gasteiger partial charge in [-0.3, -0.25) is 4.79 Å². The van der Waals surface area contributed by atoms with Crippen LogP contribution in [0.2, 0.25) is 0 Å². The number of carbonyl (C=O) groups is 3. The highest BCUT2D eigenvalue weighted by Crippen LogP contribution is 2.46. The second-order valence-electron chi connectivity index (χ2n) is 12.9. The SMILES string of the molecule is CS(=O)(=O)CCCCCCc1ccc(N2C(=O)[C@H](CC[C@H](O)c3ccc(F)cc3)[C@H]2c2ccc(CCCC(O)(C(=O)O)C(=O)O)cc2)cc1. The highest BCUT2D eigenvalue weighted by molar-refractivity contribution is 7.90. The summed E-state index contributed by atoms with van der Waals surface area (Å²) in [6.07, 6.45) is 5.24. The van der Waals surface area contributed by atoms with E-state index in [9.17, 15) is 37.4 Å². The number of carboxylic acid groups (broad SMARTS) is 2. The van der Waals surface area contributed by atoms with Crippen LogP contribution in [-0.2, 0) is 37.1 Å². The molecule has 49 heavy (non-hydrogen) atoms. The molecule has 0 radical (unpaired) electrons. The Morgan fingerprint density at radius 3 is 1.96 bits per heavy atom. The number of hydrogen-bond acceptors (Lipinski definition) is 7. The average Bonchev–Trinajstić information content (AvgIpc) is 3.05. The fourth-order valence-corrected chi connectivity index (χ4v) is 7.02. The van der Waals surface area contributed by atoms with Gasteiger partial charge in [0, 0.05) is 17.7 Å². The number of aliphatic hydroxyl groups excluding tert-OH is 1. The molecule has 0 aromatic heterocycles. The predicted octanol–water partition coefficient (Wildman–Crippen LogP) is 5.41. The van der Waals surface area contributed by atoms with Crippen LogP contribution in [-0.4, -0.2) is 64.3 Å². The first-order valence-corrected chi connectivity index (χ1v) is 18.6. The van der Waals surface area contributed by atoms with Gasteiger partial charge < -0.3 is 25.3 Å². The Morgan fingerprint density at radius 1 is 0.837 bits per heavy atom. The van der Waals surface area contributed by atoms with Crippen molar-refractivity contribution in [1.82, 2.24) is 0 Å². The van der Waals surface area contributed by atoms with Crippen molar-refractivity contribution in [3.8, 4) is 0 Å². The molecule has 0 spiro atoms. The topological polar surface area (TPSA) is 170 Å². The summed E-state index contributed by atoms with van der Waals surface area (Å²) in [5.41, 5.74) is 1.21. The van der Waals surface area contributed by atoms with Gasteiger partial charge in [-0.1, -0.05) is 61.4 Å². The monoisotopic (exact) mass is 697 g/mol. The molecule has 4 N–H and O–H groups in total. The van der Waals surface area contributed by atoms with Crippen molar-refractivity contribution in [1.29, 1.82) is 0 Å². The minimum absolute atomic E-state index is 0.0827. The van der Waals surface area contributed by atoms with E-state index in [2.05, 4.69) is 0 Å². The molecular formula is C37H44FNO9S. The van der Waals surface area contributed by atoms with E-state index in [4.69, 9.17) is 10.2 Å². The predicted molar refractivity (Wildman–Crippen MR) is 182 cm³/mol. The van der Waals surface area contributed by atoms with Gasteiger partial charge in [0.2, 0.25) is 5.91 Å². The lowest BCUT2D eigenvalue weighted by Gasteiger charge is -2.48. The van der Waals surface area contributed by atoms with Crippen molar-refractivity contribution in [3.05, 3.63) is 101 Å². The van der Waals surface area contributed by atoms with E-state index in [1.54, 1.807) is 4.90 Å². The molecule has 0 unspecified atom stereocenters. The van der Waals surface area contributed by atoms with Gasteiger partial charge in [0.15, 0.2) is 0 Å². The minimum atomic E-state index is -2.95. The lowest BCUT2D eigenvalue weighted by Crippen LogP contribution is -2.55. The number of benzene rings is 3. The van der Waals surface area contributed by atoms with Crippen molar-refractivity contribution >= 4 is 33.4 Å². The summed E-state index contributed by atoms with van der Waals surface area (Å²) in [6.45, 7) is 0. The maximum atomic E-state index is 13.6. The number of aryl methyl sites for hydroxylation is 2. The third-order valence-electron chi connectivity index (χ3n) is 9.20. The second-order valence-corrected chi connectivity index (χ2v) is 15.2. The number of aliphatic carboxylic acids is 2. The van der Waals surface area contributed by atoms with Crippen LogP contribution in [0.15, 0.2) is 72.8 Å². The molecule has 12 heteroatoms. The molecule has 3 aromatic rings. The van der Waals surface area contributed by atoms with E-state index in [1.807, 2.05) is 48.5 Å². The Balaban J connectivity index is 1.44. The Hall–Kier alpha value is -4.13. The zero-order chi connectivity index (χ0) is 35.8. The standard InChI is InChI=1S/C37H44FNO9S/c1-49(47,48)24-5-3-2-4-7-25-11-19-30(20-12-25)39-33(31(34(39)41)21-22-32(40)27-15-17-29(38)18-16-27)28-13-9-26(10-14-28)8-6-23-37(46,35(42)43)36(44)45/h9-20,31-33,40,46H,2-8,21-24H2,1H3,(H,42,43)(H,44,45)/t31-,32+,33-/m1/s1. The summed E-state index contributed by atoms with van der Waals surface area (Å²) in [5, 5.41) is 39.0. The molecule has 1 heterocycles. The van der Waals surface area contributed by atoms with Crippen LogP contribution in [0, 0.1) is 11.7 Å². The molecule has 1 saturated heterocycles. The number of carboxylic acids is 2. The lowest BCUT2D eigenvalue weighted by molar-refractivity contribution is -0.176. The highest BCUT2D eigenvalue weighted by atomic mass is 32.2. The Labute approximate surface area is 286 Å². The van der Waals surface area contributed by atoms with E-state index in [0.717, 1.165) is 48.1 Å². The first-order valence-electron chi connectivity index (χ1n) is 16.5. The van der Waals surface area contributed by atoms with Gasteiger partial charge in [0.1, 0.15) is 15.7 Å². The van der Waals surface area contributed by atoms with Gasteiger partial charge in [-0.25, -0.2) is 22.4 Å². The smallest absolute Gasteiger partial charge is 0.347 e. The van der Waals surface area contributed by atoms with Crippen molar-refractivity contribution in [2.45, 2.75) is 82.0 Å². The number of unbranched alkanes of at least 4 members (excludes halogenated alkanes) is 3. The van der Waals surface area contributed by atoms with Gasteiger partial charge >= 0.3 is 11.9 Å². The molecule has 0 bridgehead atoms. The molecule has 3 aromatic carbocycles. The zero-order valence-electron chi connectivity index (χ0n) is 27.5. The van der Waals surface area contributed by atoms with E-state index >= 15 is 0 Å². The third-order valence-corrected chi connectivity index (χ3v) is 10.2. The molecule has 3 atom stereocenters. The molecule has 1 aliphatic heterocycles. The normalized spacial score (nSPS) is 17.1. The third kappa shape index (κ3) is 9.96. The van der Waals surface area contributed by atoms with Crippen LogP contribution < -0.4 is 4.90 Å². The molecule has 1 aliphatic rings. The molecule has 10 nitrogen and oxygen atoms in total. The molecule has 0 aliphatic carbocycles. The average molecular weight is 698 g/mol. The molecule has 264 valence electrons. The number of sulfone groups is 1.